The largest absolute Gasteiger partial charge is 0.390 e. The van der Waals surface area contributed by atoms with E-state index in [1.165, 1.54) is 0 Å². The zero-order chi connectivity index (χ0) is 13.9. The molecular formula is C14H19BrClNO. The molecule has 4 heteroatoms. The average molecular weight is 333 g/mol. The van der Waals surface area contributed by atoms with Crippen molar-refractivity contribution in [3.05, 3.63) is 26.7 Å². The lowest BCUT2D eigenvalue weighted by molar-refractivity contribution is 0.0434. The summed E-state index contributed by atoms with van der Waals surface area (Å²) in [6.07, 6.45) is -0.510. The van der Waals surface area contributed by atoms with Crippen LogP contribution >= 0.6 is 27.5 Å². The second-order valence-corrected chi connectivity index (χ2v) is 7.44. The Morgan fingerprint density at radius 2 is 1.89 bits per heavy atom. The summed E-state index contributed by atoms with van der Waals surface area (Å²) in [4.78, 5) is 0. The molecule has 0 saturated carbocycles. The molecule has 2 nitrogen and oxygen atoms in total. The first-order valence-corrected chi connectivity index (χ1v) is 7.21. The molecule has 100 valence electrons. The summed E-state index contributed by atoms with van der Waals surface area (Å²) in [6.45, 7) is 10.2. The van der Waals surface area contributed by atoms with Crippen molar-refractivity contribution in [1.82, 2.24) is 0 Å². The molecule has 0 aliphatic carbocycles. The molecular weight excluding hydrogens is 314 g/mol. The van der Waals surface area contributed by atoms with E-state index in [9.17, 15) is 5.11 Å². The maximum atomic E-state index is 10.6. The van der Waals surface area contributed by atoms with Crippen molar-refractivity contribution in [2.75, 3.05) is 5.32 Å². The first-order chi connectivity index (χ1) is 8.09. The summed E-state index contributed by atoms with van der Waals surface area (Å²) in [5.74, 6) is 0. The van der Waals surface area contributed by atoms with E-state index in [-0.39, 0.29) is 5.54 Å². The van der Waals surface area contributed by atoms with Crippen LogP contribution in [0, 0.1) is 6.92 Å². The first kappa shape index (κ1) is 14.2. The normalized spacial score (nSPS) is 24.3. The molecule has 0 fully saturated rings. The Kier molecular flexibility index (Phi) is 3.24. The third-order valence-electron chi connectivity index (χ3n) is 3.88. The van der Waals surface area contributed by atoms with Crippen LogP contribution in [-0.2, 0) is 5.41 Å². The lowest BCUT2D eigenvalue weighted by Gasteiger charge is -2.49. The van der Waals surface area contributed by atoms with Gasteiger partial charge < -0.3 is 10.4 Å². The number of aliphatic hydroxyl groups is 1. The number of nitrogens with one attached hydrogen (secondary N) is 1. The first-order valence-electron chi connectivity index (χ1n) is 6.04. The molecule has 18 heavy (non-hydrogen) atoms. The number of aliphatic hydroxyl groups excluding tert-OH is 1. The van der Waals surface area contributed by atoms with Crippen molar-refractivity contribution in [2.24, 2.45) is 0 Å². The highest BCUT2D eigenvalue weighted by atomic mass is 79.9. The number of halogens is 2. The SMILES string of the molecule is Cc1cc(Br)c(Cl)c2c1NC(C)(C)C(O)C2(C)C. The summed E-state index contributed by atoms with van der Waals surface area (Å²) >= 11 is 9.91. The highest BCUT2D eigenvalue weighted by molar-refractivity contribution is 9.10. The van der Waals surface area contributed by atoms with Crippen molar-refractivity contribution in [2.45, 2.75) is 51.7 Å². The summed E-state index contributed by atoms with van der Waals surface area (Å²) in [5.41, 5.74) is 2.40. The fourth-order valence-electron chi connectivity index (χ4n) is 2.95. The van der Waals surface area contributed by atoms with Crippen LogP contribution in [0.4, 0.5) is 5.69 Å². The molecule has 0 saturated heterocycles. The molecule has 1 unspecified atom stereocenters. The quantitative estimate of drug-likeness (QED) is 0.744. The zero-order valence-electron chi connectivity index (χ0n) is 11.4. The van der Waals surface area contributed by atoms with Gasteiger partial charge in [-0.3, -0.25) is 0 Å². The third-order valence-corrected chi connectivity index (χ3v) is 5.12. The Balaban J connectivity index is 2.79. The molecule has 1 aliphatic heterocycles. The molecule has 0 bridgehead atoms. The number of aryl methyl sites for hydroxylation is 1. The monoisotopic (exact) mass is 331 g/mol. The minimum absolute atomic E-state index is 0.377. The summed E-state index contributed by atoms with van der Waals surface area (Å²) in [5, 5.41) is 14.7. The van der Waals surface area contributed by atoms with E-state index in [2.05, 4.69) is 28.2 Å². The smallest absolute Gasteiger partial charge is 0.0856 e. The summed E-state index contributed by atoms with van der Waals surface area (Å²) in [7, 11) is 0. The van der Waals surface area contributed by atoms with E-state index in [0.717, 1.165) is 21.3 Å². The van der Waals surface area contributed by atoms with Crippen LogP contribution in [0.5, 0.6) is 0 Å². The molecule has 1 atom stereocenters. The molecule has 2 rings (SSSR count). The third kappa shape index (κ3) is 1.87. The van der Waals surface area contributed by atoms with Gasteiger partial charge in [0.15, 0.2) is 0 Å². The van der Waals surface area contributed by atoms with Gasteiger partial charge >= 0.3 is 0 Å². The number of fused-ring (bicyclic) bond motifs is 1. The van der Waals surface area contributed by atoms with Crippen LogP contribution in [0.25, 0.3) is 0 Å². The molecule has 1 heterocycles. The number of anilines is 1. The van der Waals surface area contributed by atoms with Gasteiger partial charge in [0.2, 0.25) is 0 Å². The van der Waals surface area contributed by atoms with E-state index in [0.29, 0.717) is 5.02 Å². The van der Waals surface area contributed by atoms with Gasteiger partial charge in [-0.05, 0) is 48.3 Å². The maximum absolute atomic E-state index is 10.6. The van der Waals surface area contributed by atoms with Crippen LogP contribution in [0.15, 0.2) is 10.5 Å². The number of hydrogen-bond donors (Lipinski definition) is 2. The molecule has 1 aromatic rings. The predicted molar refractivity (Wildman–Crippen MR) is 80.6 cm³/mol. The van der Waals surface area contributed by atoms with Gasteiger partial charge in [-0.25, -0.2) is 0 Å². The molecule has 0 radical (unpaired) electrons. The van der Waals surface area contributed by atoms with Gasteiger partial charge in [0, 0.05) is 21.1 Å². The van der Waals surface area contributed by atoms with Gasteiger partial charge in [-0.15, -0.1) is 0 Å². The summed E-state index contributed by atoms with van der Waals surface area (Å²) < 4.78 is 0.877. The van der Waals surface area contributed by atoms with Crippen LogP contribution in [0.1, 0.15) is 38.8 Å². The molecule has 0 amide bonds. The fourth-order valence-corrected chi connectivity index (χ4v) is 3.88. The van der Waals surface area contributed by atoms with Crippen molar-refractivity contribution >= 4 is 33.2 Å². The van der Waals surface area contributed by atoms with E-state index in [4.69, 9.17) is 11.6 Å². The topological polar surface area (TPSA) is 32.3 Å². The van der Waals surface area contributed by atoms with Gasteiger partial charge in [0.1, 0.15) is 0 Å². The highest BCUT2D eigenvalue weighted by Crippen LogP contribution is 2.49. The van der Waals surface area contributed by atoms with Crippen LogP contribution < -0.4 is 5.32 Å². The Labute approximate surface area is 122 Å². The minimum atomic E-state index is -0.510. The van der Waals surface area contributed by atoms with Gasteiger partial charge in [-0.1, -0.05) is 25.4 Å². The Bertz CT molecular complexity index is 511. The lowest BCUT2D eigenvalue weighted by atomic mass is 9.68. The van der Waals surface area contributed by atoms with Crippen molar-refractivity contribution in [3.63, 3.8) is 0 Å². The molecule has 0 aromatic heterocycles. The van der Waals surface area contributed by atoms with Crippen LogP contribution in [0.2, 0.25) is 5.02 Å². The fraction of sp³-hybridized carbons (Fsp3) is 0.571. The minimum Gasteiger partial charge on any atom is -0.390 e. The molecule has 1 aromatic carbocycles. The maximum Gasteiger partial charge on any atom is 0.0856 e. The Morgan fingerprint density at radius 1 is 1.33 bits per heavy atom. The Morgan fingerprint density at radius 3 is 2.44 bits per heavy atom. The van der Waals surface area contributed by atoms with Crippen molar-refractivity contribution < 1.29 is 5.11 Å². The lowest BCUT2D eigenvalue weighted by Crippen LogP contribution is -2.57. The van der Waals surface area contributed by atoms with Crippen molar-refractivity contribution in [1.29, 1.82) is 0 Å². The standard InChI is InChI=1S/C14H19BrClNO/c1-7-6-8(15)10(16)9-11(7)17-14(4,5)12(18)13(9,2)3/h6,12,17-18H,1-5H3. The molecule has 0 spiro atoms. The highest BCUT2D eigenvalue weighted by Gasteiger charge is 2.47. The second-order valence-electron chi connectivity index (χ2n) is 6.21. The van der Waals surface area contributed by atoms with E-state index >= 15 is 0 Å². The second kappa shape index (κ2) is 4.12. The van der Waals surface area contributed by atoms with E-state index in [1.54, 1.807) is 0 Å². The van der Waals surface area contributed by atoms with Gasteiger partial charge in [0.05, 0.1) is 16.7 Å². The predicted octanol–water partition coefficient (Wildman–Crippen LogP) is 4.25. The number of benzene rings is 1. The van der Waals surface area contributed by atoms with Crippen molar-refractivity contribution in [3.8, 4) is 0 Å². The van der Waals surface area contributed by atoms with E-state index in [1.807, 2.05) is 33.8 Å². The number of rotatable bonds is 0. The Hall–Kier alpha value is -0.250. The van der Waals surface area contributed by atoms with Crippen LogP contribution in [0.3, 0.4) is 0 Å². The molecule has 1 aliphatic rings. The van der Waals surface area contributed by atoms with Gasteiger partial charge in [-0.2, -0.15) is 0 Å². The van der Waals surface area contributed by atoms with Crippen LogP contribution in [-0.4, -0.2) is 16.7 Å². The average Bonchev–Trinajstić information content (AvgIpc) is 2.22. The van der Waals surface area contributed by atoms with Gasteiger partial charge in [0.25, 0.3) is 0 Å². The van der Waals surface area contributed by atoms with E-state index < -0.39 is 11.5 Å². The summed E-state index contributed by atoms with van der Waals surface area (Å²) in [6, 6.07) is 2.01. The molecule has 2 N–H and O–H groups in total. The number of hydrogen-bond acceptors (Lipinski definition) is 2. The zero-order valence-corrected chi connectivity index (χ0v) is 13.7.